The van der Waals surface area contributed by atoms with Gasteiger partial charge in [-0.15, -0.1) is 0 Å². The number of hydrogen-bond donors (Lipinski definition) is 1. The first-order valence-electron chi connectivity index (χ1n) is 7.00. The summed E-state index contributed by atoms with van der Waals surface area (Å²) in [5, 5.41) is 28.6. The van der Waals surface area contributed by atoms with Crippen LogP contribution >= 0.6 is 0 Å². The number of aryl methyl sites for hydroxylation is 1. The minimum atomic E-state index is -0.785. The molecular formula is C14H15N5O5. The van der Waals surface area contributed by atoms with Crippen molar-refractivity contribution in [2.75, 3.05) is 5.32 Å². The molecule has 2 rings (SSSR count). The summed E-state index contributed by atoms with van der Waals surface area (Å²) in [5.41, 5.74) is -0.542. The molecule has 1 heterocycles. The predicted octanol–water partition coefficient (Wildman–Crippen LogP) is 2.84. The van der Waals surface area contributed by atoms with Crippen LogP contribution in [-0.4, -0.2) is 25.5 Å². The van der Waals surface area contributed by atoms with Crippen molar-refractivity contribution in [3.8, 4) is 0 Å². The number of amides is 1. The van der Waals surface area contributed by atoms with Crippen LogP contribution in [0.2, 0.25) is 0 Å². The molecule has 1 aromatic carbocycles. The van der Waals surface area contributed by atoms with Crippen LogP contribution in [0.4, 0.5) is 17.2 Å². The van der Waals surface area contributed by atoms with Crippen molar-refractivity contribution in [3.05, 3.63) is 55.8 Å². The Morgan fingerprint density at radius 2 is 1.67 bits per heavy atom. The SMILES string of the molecule is Cc1cc(NC(=O)c2cc([N+](=O)[O-])cc([N+](=O)[O-])c2)n(C(C)C)n1. The van der Waals surface area contributed by atoms with Gasteiger partial charge in [-0.25, -0.2) is 4.68 Å². The van der Waals surface area contributed by atoms with E-state index in [0.717, 1.165) is 18.2 Å². The first-order valence-corrected chi connectivity index (χ1v) is 7.00. The Balaban J connectivity index is 2.40. The normalized spacial score (nSPS) is 10.7. The average Bonchev–Trinajstić information content (AvgIpc) is 2.87. The molecule has 0 spiro atoms. The molecule has 0 radical (unpaired) electrons. The summed E-state index contributed by atoms with van der Waals surface area (Å²) in [6.07, 6.45) is 0. The van der Waals surface area contributed by atoms with Crippen LogP contribution in [0, 0.1) is 27.2 Å². The topological polar surface area (TPSA) is 133 Å². The lowest BCUT2D eigenvalue weighted by atomic mass is 10.1. The largest absolute Gasteiger partial charge is 0.307 e. The maximum absolute atomic E-state index is 12.4. The molecule has 2 aromatic rings. The van der Waals surface area contributed by atoms with Crippen molar-refractivity contribution in [2.24, 2.45) is 0 Å². The molecule has 24 heavy (non-hydrogen) atoms. The molecule has 1 N–H and O–H groups in total. The number of non-ortho nitro benzene ring substituents is 2. The molecule has 0 saturated carbocycles. The van der Waals surface area contributed by atoms with Crippen molar-refractivity contribution >= 4 is 23.1 Å². The number of hydrogen-bond acceptors (Lipinski definition) is 6. The second kappa shape index (κ2) is 6.44. The zero-order valence-electron chi connectivity index (χ0n) is 13.2. The lowest BCUT2D eigenvalue weighted by Gasteiger charge is -2.11. The number of nitro benzene ring substituents is 2. The maximum atomic E-state index is 12.4. The molecule has 0 atom stereocenters. The molecule has 10 heteroatoms. The molecule has 126 valence electrons. The Labute approximate surface area is 136 Å². The fourth-order valence-corrected chi connectivity index (χ4v) is 2.13. The zero-order chi connectivity index (χ0) is 18.0. The maximum Gasteiger partial charge on any atom is 0.277 e. The zero-order valence-corrected chi connectivity index (χ0v) is 13.2. The second-order valence-electron chi connectivity index (χ2n) is 5.42. The lowest BCUT2D eigenvalue weighted by molar-refractivity contribution is -0.394. The molecule has 0 bridgehead atoms. The summed E-state index contributed by atoms with van der Waals surface area (Å²) >= 11 is 0. The number of benzene rings is 1. The van der Waals surface area contributed by atoms with Crippen molar-refractivity contribution in [3.63, 3.8) is 0 Å². The van der Waals surface area contributed by atoms with Crippen LogP contribution in [0.25, 0.3) is 0 Å². The van der Waals surface area contributed by atoms with Gasteiger partial charge in [0, 0.05) is 24.2 Å². The van der Waals surface area contributed by atoms with E-state index in [2.05, 4.69) is 10.4 Å². The molecule has 0 saturated heterocycles. The second-order valence-corrected chi connectivity index (χ2v) is 5.42. The van der Waals surface area contributed by atoms with E-state index in [1.54, 1.807) is 17.7 Å². The van der Waals surface area contributed by atoms with Gasteiger partial charge in [0.05, 0.1) is 27.2 Å². The molecule has 1 amide bonds. The predicted molar refractivity (Wildman–Crippen MR) is 85.1 cm³/mol. The molecule has 0 aliphatic carbocycles. The van der Waals surface area contributed by atoms with Gasteiger partial charge < -0.3 is 5.32 Å². The summed E-state index contributed by atoms with van der Waals surface area (Å²) in [4.78, 5) is 32.6. The number of aromatic nitrogens is 2. The van der Waals surface area contributed by atoms with E-state index in [0.29, 0.717) is 11.5 Å². The molecule has 0 unspecified atom stereocenters. The lowest BCUT2D eigenvalue weighted by Crippen LogP contribution is -2.17. The first kappa shape index (κ1) is 17.1. The van der Waals surface area contributed by atoms with Gasteiger partial charge >= 0.3 is 0 Å². The summed E-state index contributed by atoms with van der Waals surface area (Å²) in [6.45, 7) is 5.51. The minimum Gasteiger partial charge on any atom is -0.307 e. The van der Waals surface area contributed by atoms with Crippen molar-refractivity contribution in [1.82, 2.24) is 9.78 Å². The van der Waals surface area contributed by atoms with Crippen LogP contribution in [0.1, 0.15) is 35.9 Å². The van der Waals surface area contributed by atoms with E-state index >= 15 is 0 Å². The Kier molecular flexibility index (Phi) is 4.58. The average molecular weight is 333 g/mol. The third-order valence-corrected chi connectivity index (χ3v) is 3.17. The van der Waals surface area contributed by atoms with Gasteiger partial charge in [-0.1, -0.05) is 0 Å². The Morgan fingerprint density at radius 1 is 1.12 bits per heavy atom. The Hall–Kier alpha value is -3.30. The fraction of sp³-hybridized carbons (Fsp3) is 0.286. The third kappa shape index (κ3) is 3.54. The van der Waals surface area contributed by atoms with Gasteiger partial charge in [0.25, 0.3) is 17.3 Å². The highest BCUT2D eigenvalue weighted by molar-refractivity contribution is 6.04. The van der Waals surface area contributed by atoms with E-state index in [-0.39, 0.29) is 11.6 Å². The fourth-order valence-electron chi connectivity index (χ4n) is 2.13. The van der Waals surface area contributed by atoms with E-state index in [4.69, 9.17) is 0 Å². The van der Waals surface area contributed by atoms with Crippen LogP contribution in [0.15, 0.2) is 24.3 Å². The number of carbonyl (C=O) groups is 1. The Morgan fingerprint density at radius 3 is 2.12 bits per heavy atom. The number of nitrogens with zero attached hydrogens (tertiary/aromatic N) is 4. The van der Waals surface area contributed by atoms with Gasteiger partial charge in [-0.2, -0.15) is 5.10 Å². The minimum absolute atomic E-state index is 0.0200. The van der Waals surface area contributed by atoms with Crippen molar-refractivity contribution in [1.29, 1.82) is 0 Å². The molecule has 10 nitrogen and oxygen atoms in total. The molecule has 0 fully saturated rings. The molecular weight excluding hydrogens is 318 g/mol. The number of rotatable bonds is 5. The van der Waals surface area contributed by atoms with Gasteiger partial charge in [0.1, 0.15) is 5.82 Å². The van der Waals surface area contributed by atoms with Crippen molar-refractivity contribution in [2.45, 2.75) is 26.8 Å². The number of carbonyl (C=O) groups excluding carboxylic acids is 1. The standard InChI is InChI=1S/C14H15N5O5/c1-8(2)17-13(4-9(3)16-17)15-14(20)10-5-11(18(21)22)7-12(6-10)19(23)24/h4-8H,1-3H3,(H,15,20). The number of nitro groups is 2. The summed E-state index contributed by atoms with van der Waals surface area (Å²) in [6, 6.07) is 4.41. The first-order chi connectivity index (χ1) is 11.2. The van der Waals surface area contributed by atoms with Crippen LogP contribution in [0.5, 0.6) is 0 Å². The van der Waals surface area contributed by atoms with Crippen LogP contribution < -0.4 is 5.32 Å². The highest BCUT2D eigenvalue weighted by Gasteiger charge is 2.21. The van der Waals surface area contributed by atoms with E-state index < -0.39 is 27.1 Å². The van der Waals surface area contributed by atoms with Gasteiger partial charge in [0.15, 0.2) is 0 Å². The van der Waals surface area contributed by atoms with Crippen LogP contribution in [0.3, 0.4) is 0 Å². The third-order valence-electron chi connectivity index (χ3n) is 3.17. The van der Waals surface area contributed by atoms with Crippen LogP contribution in [-0.2, 0) is 0 Å². The Bertz CT molecular complexity index is 795. The van der Waals surface area contributed by atoms with E-state index in [1.807, 2.05) is 13.8 Å². The summed E-state index contributed by atoms with van der Waals surface area (Å²) in [7, 11) is 0. The smallest absolute Gasteiger partial charge is 0.277 e. The monoisotopic (exact) mass is 333 g/mol. The van der Waals surface area contributed by atoms with Gasteiger partial charge in [-0.05, 0) is 20.8 Å². The molecule has 0 aliphatic heterocycles. The number of nitrogens with one attached hydrogen (secondary N) is 1. The highest BCUT2D eigenvalue weighted by Crippen LogP contribution is 2.24. The number of anilines is 1. The van der Waals surface area contributed by atoms with Gasteiger partial charge in [0.2, 0.25) is 0 Å². The van der Waals surface area contributed by atoms with Gasteiger partial charge in [-0.3, -0.25) is 25.0 Å². The highest BCUT2D eigenvalue weighted by atomic mass is 16.6. The summed E-state index contributed by atoms with van der Waals surface area (Å²) in [5.74, 6) is -0.287. The molecule has 0 aliphatic rings. The summed E-state index contributed by atoms with van der Waals surface area (Å²) < 4.78 is 1.58. The van der Waals surface area contributed by atoms with E-state index in [9.17, 15) is 25.0 Å². The van der Waals surface area contributed by atoms with E-state index in [1.165, 1.54) is 0 Å². The molecule has 1 aromatic heterocycles. The van der Waals surface area contributed by atoms with Crippen molar-refractivity contribution < 1.29 is 14.6 Å². The quantitative estimate of drug-likeness (QED) is 0.660.